The molecule has 3 nitrogen and oxygen atoms in total. The summed E-state index contributed by atoms with van der Waals surface area (Å²) in [5.41, 5.74) is 1.15. The van der Waals surface area contributed by atoms with E-state index in [4.69, 9.17) is 11.3 Å². The third kappa shape index (κ3) is 3.22. The van der Waals surface area contributed by atoms with E-state index in [9.17, 15) is 0 Å². The van der Waals surface area contributed by atoms with Gasteiger partial charge in [0.15, 0.2) is 6.61 Å². The largest absolute Gasteiger partial charge is 0.383 e. The number of oxime groups is 1. The number of hydrogen-bond acceptors (Lipinski definition) is 3. The molecule has 1 aliphatic rings. The highest BCUT2D eigenvalue weighted by molar-refractivity contribution is 5.78. The highest BCUT2D eigenvalue weighted by Crippen LogP contribution is 1.97. The van der Waals surface area contributed by atoms with Crippen LogP contribution in [0.1, 0.15) is 6.42 Å². The van der Waals surface area contributed by atoms with E-state index in [0.717, 1.165) is 25.1 Å². The van der Waals surface area contributed by atoms with Crippen LogP contribution in [0.15, 0.2) is 16.8 Å². The smallest absolute Gasteiger partial charge is 0.177 e. The van der Waals surface area contributed by atoms with E-state index in [0.29, 0.717) is 0 Å². The zero-order chi connectivity index (χ0) is 8.65. The van der Waals surface area contributed by atoms with Crippen LogP contribution in [0, 0.1) is 12.3 Å². The van der Waals surface area contributed by atoms with Gasteiger partial charge in [-0.25, -0.2) is 0 Å². The number of rotatable bonds is 3. The summed E-state index contributed by atoms with van der Waals surface area (Å²) >= 11 is 0. The molecule has 0 amide bonds. The Morgan fingerprint density at radius 1 is 1.83 bits per heavy atom. The van der Waals surface area contributed by atoms with E-state index in [1.807, 2.05) is 0 Å². The van der Waals surface area contributed by atoms with Gasteiger partial charge < -0.3 is 10.2 Å². The van der Waals surface area contributed by atoms with Gasteiger partial charge in [0.2, 0.25) is 0 Å². The minimum Gasteiger partial charge on any atom is -0.383 e. The summed E-state index contributed by atoms with van der Waals surface area (Å²) in [5.74, 6) is 2.33. The molecule has 0 radical (unpaired) electrons. The van der Waals surface area contributed by atoms with Crippen molar-refractivity contribution in [1.82, 2.24) is 5.32 Å². The van der Waals surface area contributed by atoms with E-state index in [2.05, 4.69) is 22.5 Å². The van der Waals surface area contributed by atoms with Gasteiger partial charge in [0, 0.05) is 6.54 Å². The SMILES string of the molecule is C#CCON=CC1=CCCNC1. The lowest BCUT2D eigenvalue weighted by molar-refractivity contribution is 0.181. The number of terminal acetylenes is 1. The summed E-state index contributed by atoms with van der Waals surface area (Å²) in [6, 6.07) is 0. The average molecular weight is 164 g/mol. The van der Waals surface area contributed by atoms with Crippen LogP contribution < -0.4 is 5.32 Å². The molecule has 0 aliphatic carbocycles. The lowest BCUT2D eigenvalue weighted by Crippen LogP contribution is -2.22. The molecule has 0 saturated carbocycles. The molecule has 0 fully saturated rings. The second-order valence-electron chi connectivity index (χ2n) is 2.46. The van der Waals surface area contributed by atoms with Gasteiger partial charge in [-0.2, -0.15) is 0 Å². The third-order valence-corrected chi connectivity index (χ3v) is 1.50. The van der Waals surface area contributed by atoms with Crippen molar-refractivity contribution in [2.24, 2.45) is 5.16 Å². The summed E-state index contributed by atoms with van der Waals surface area (Å²) in [6.45, 7) is 2.14. The van der Waals surface area contributed by atoms with Crippen molar-refractivity contribution in [2.75, 3.05) is 19.7 Å². The van der Waals surface area contributed by atoms with Crippen LogP contribution in [-0.4, -0.2) is 25.9 Å². The summed E-state index contributed by atoms with van der Waals surface area (Å²) in [7, 11) is 0. The normalized spacial score (nSPS) is 17.1. The summed E-state index contributed by atoms with van der Waals surface area (Å²) in [4.78, 5) is 4.75. The molecule has 0 spiro atoms. The van der Waals surface area contributed by atoms with Crippen LogP contribution in [0.2, 0.25) is 0 Å². The van der Waals surface area contributed by atoms with E-state index in [1.54, 1.807) is 6.21 Å². The van der Waals surface area contributed by atoms with Crippen LogP contribution in [0.4, 0.5) is 0 Å². The van der Waals surface area contributed by atoms with Gasteiger partial charge >= 0.3 is 0 Å². The van der Waals surface area contributed by atoms with Crippen molar-refractivity contribution in [3.63, 3.8) is 0 Å². The van der Waals surface area contributed by atoms with Crippen molar-refractivity contribution >= 4 is 6.21 Å². The molecule has 0 aromatic heterocycles. The van der Waals surface area contributed by atoms with Gasteiger partial charge in [0.05, 0.1) is 6.21 Å². The maximum atomic E-state index is 4.97. The van der Waals surface area contributed by atoms with Crippen molar-refractivity contribution in [3.8, 4) is 12.3 Å². The van der Waals surface area contributed by atoms with Gasteiger partial charge in [-0.1, -0.05) is 17.2 Å². The molecule has 3 heteroatoms. The molecule has 12 heavy (non-hydrogen) atoms. The molecule has 1 N–H and O–H groups in total. The summed E-state index contributed by atoms with van der Waals surface area (Å²) < 4.78 is 0. The van der Waals surface area contributed by atoms with Crippen LogP contribution in [-0.2, 0) is 4.84 Å². The zero-order valence-electron chi connectivity index (χ0n) is 6.92. The van der Waals surface area contributed by atoms with Crippen molar-refractivity contribution in [3.05, 3.63) is 11.6 Å². The molecule has 0 aromatic rings. The minimum atomic E-state index is 0.233. The number of hydrogen-bond donors (Lipinski definition) is 1. The Labute approximate surface area is 72.5 Å². The van der Waals surface area contributed by atoms with Crippen LogP contribution in [0.25, 0.3) is 0 Å². The molecular formula is C9H12N2O. The minimum absolute atomic E-state index is 0.233. The summed E-state index contributed by atoms with van der Waals surface area (Å²) in [5, 5.41) is 6.93. The standard InChI is InChI=1S/C9H12N2O/c1-2-6-12-11-8-9-4-3-5-10-7-9/h1,4,8,10H,3,5-7H2. The molecule has 0 aromatic carbocycles. The van der Waals surface area contributed by atoms with E-state index in [1.165, 1.54) is 0 Å². The highest BCUT2D eigenvalue weighted by atomic mass is 16.6. The monoisotopic (exact) mass is 164 g/mol. The first-order valence-electron chi connectivity index (χ1n) is 3.92. The Hall–Kier alpha value is -1.27. The molecule has 0 atom stereocenters. The van der Waals surface area contributed by atoms with Crippen molar-refractivity contribution < 1.29 is 4.84 Å². The fraction of sp³-hybridized carbons (Fsp3) is 0.444. The number of nitrogens with zero attached hydrogens (tertiary/aromatic N) is 1. The van der Waals surface area contributed by atoms with Crippen LogP contribution >= 0.6 is 0 Å². The molecule has 0 saturated heterocycles. The first kappa shape index (κ1) is 8.82. The fourth-order valence-corrected chi connectivity index (χ4v) is 0.942. The Kier molecular flexibility index (Phi) is 3.96. The van der Waals surface area contributed by atoms with E-state index in [-0.39, 0.29) is 6.61 Å². The zero-order valence-corrected chi connectivity index (χ0v) is 6.92. The van der Waals surface area contributed by atoms with Crippen molar-refractivity contribution in [2.45, 2.75) is 6.42 Å². The van der Waals surface area contributed by atoms with E-state index >= 15 is 0 Å². The maximum Gasteiger partial charge on any atom is 0.177 e. The van der Waals surface area contributed by atoms with Crippen LogP contribution in [0.5, 0.6) is 0 Å². The Balaban J connectivity index is 2.25. The lowest BCUT2D eigenvalue weighted by atomic mass is 10.2. The average Bonchev–Trinajstić information content (AvgIpc) is 2.14. The number of nitrogens with one attached hydrogen (secondary N) is 1. The predicted octanol–water partition coefficient (Wildman–Crippen LogP) is 0.542. The van der Waals surface area contributed by atoms with Crippen molar-refractivity contribution in [1.29, 1.82) is 0 Å². The Bertz CT molecular complexity index is 225. The van der Waals surface area contributed by atoms with Gasteiger partial charge in [0.25, 0.3) is 0 Å². The van der Waals surface area contributed by atoms with Crippen LogP contribution in [0.3, 0.4) is 0 Å². The Morgan fingerprint density at radius 2 is 2.75 bits per heavy atom. The second-order valence-corrected chi connectivity index (χ2v) is 2.46. The van der Waals surface area contributed by atoms with E-state index < -0.39 is 0 Å². The summed E-state index contributed by atoms with van der Waals surface area (Å²) in [6.07, 6.45) is 9.86. The lowest BCUT2D eigenvalue weighted by Gasteiger charge is -2.09. The topological polar surface area (TPSA) is 33.6 Å². The molecular weight excluding hydrogens is 152 g/mol. The molecule has 0 bridgehead atoms. The van der Waals surface area contributed by atoms with Gasteiger partial charge in [-0.05, 0) is 18.5 Å². The predicted molar refractivity (Wildman–Crippen MR) is 48.8 cm³/mol. The molecule has 1 heterocycles. The molecule has 1 aliphatic heterocycles. The quantitative estimate of drug-likeness (QED) is 0.286. The third-order valence-electron chi connectivity index (χ3n) is 1.50. The maximum absolute atomic E-state index is 4.97. The first-order chi connectivity index (χ1) is 5.93. The first-order valence-corrected chi connectivity index (χ1v) is 3.92. The molecule has 1 rings (SSSR count). The second kappa shape index (κ2) is 5.39. The highest BCUT2D eigenvalue weighted by Gasteiger charge is 1.98. The van der Waals surface area contributed by atoms with Gasteiger partial charge in [-0.3, -0.25) is 0 Å². The van der Waals surface area contributed by atoms with Gasteiger partial charge in [0.1, 0.15) is 0 Å². The Morgan fingerprint density at radius 3 is 3.42 bits per heavy atom. The van der Waals surface area contributed by atoms with Gasteiger partial charge in [-0.15, -0.1) is 6.42 Å². The molecule has 64 valence electrons. The fourth-order valence-electron chi connectivity index (χ4n) is 0.942. The molecule has 0 unspecified atom stereocenters.